The molecule has 0 radical (unpaired) electrons. The molecule has 0 nitrogen and oxygen atoms in total. The molecule has 0 spiro atoms. The first-order valence-corrected chi connectivity index (χ1v) is 11.0. The van der Waals surface area contributed by atoms with Crippen LogP contribution in [0.5, 0.6) is 0 Å². The second-order valence-corrected chi connectivity index (χ2v) is 8.47. The van der Waals surface area contributed by atoms with Crippen LogP contribution in [0.1, 0.15) is 0 Å². The number of hydrogen-bond donors (Lipinski definition) is 0. The van der Waals surface area contributed by atoms with E-state index >= 15 is 4.32 Å². The quantitative estimate of drug-likeness (QED) is 0.388. The van der Waals surface area contributed by atoms with Gasteiger partial charge in [-0.3, -0.25) is 0 Å². The Hall–Kier alpha value is -3.31. The van der Waals surface area contributed by atoms with E-state index in [0.717, 1.165) is 48.7 Å². The van der Waals surface area contributed by atoms with Gasteiger partial charge in [0.1, 0.15) is 0 Å². The van der Waals surface area contributed by atoms with Gasteiger partial charge in [-0.1, -0.05) is 144 Å². The molecule has 0 saturated heterocycles. The van der Waals surface area contributed by atoms with Crippen LogP contribution in [0.15, 0.2) is 127 Å². The summed E-state index contributed by atoms with van der Waals surface area (Å²) in [6.45, 7) is 0. The van der Waals surface area contributed by atoms with Crippen LogP contribution in [-0.4, -0.2) is 6.42 Å². The predicted molar refractivity (Wildman–Crippen MR) is 138 cm³/mol. The zero-order valence-corrected chi connectivity index (χ0v) is 18.6. The van der Waals surface area contributed by atoms with Crippen LogP contribution < -0.4 is 35.2 Å². The second kappa shape index (κ2) is 8.56. The topological polar surface area (TPSA) is 0 Å². The van der Waals surface area contributed by atoms with E-state index in [0.29, 0.717) is 0 Å². The molecule has 0 amide bonds. The number of halogens is 1. The van der Waals surface area contributed by atoms with Gasteiger partial charge in [0.25, 0.3) is 0 Å². The Morgan fingerprint density at radius 3 is 0.970 bits per heavy atom. The maximum Gasteiger partial charge on any atom is 1.00 e. The van der Waals surface area contributed by atoms with Crippen LogP contribution in [0, 0.1) is 0 Å². The van der Waals surface area contributed by atoms with Crippen molar-refractivity contribution in [1.82, 2.24) is 0 Å². The average molecular weight is 418 g/mol. The summed E-state index contributed by atoms with van der Waals surface area (Å²) in [6, 6.07) is 42.3. The maximum atomic E-state index is 18.2. The molecule has 6 aromatic carbocycles. The molecule has 0 aromatic heterocycles. The first-order chi connectivity index (χ1) is 15.8. The number of fused-ring (bicyclic) bond motifs is 3. The van der Waals surface area contributed by atoms with Gasteiger partial charge in [-0.15, -0.1) is 0 Å². The van der Waals surface area contributed by atoms with E-state index in [1.54, 1.807) is 0 Å². The smallest absolute Gasteiger partial charge is 0.498 e. The van der Waals surface area contributed by atoms with Gasteiger partial charge >= 0.3 is 18.9 Å². The Kier molecular flexibility index (Phi) is 5.59. The first-order valence-electron chi connectivity index (χ1n) is 11.0. The summed E-state index contributed by atoms with van der Waals surface area (Å²) in [5.41, 5.74) is 2.20. The molecule has 0 aliphatic rings. The Labute approximate surface area is 205 Å². The number of benzene rings is 6. The fourth-order valence-electron chi connectivity index (χ4n) is 5.29. The Morgan fingerprint density at radius 2 is 0.636 bits per heavy atom. The molecule has 152 valence electrons. The SMILES string of the molecule is F[B-](c1cccc2ccccc12)(c1cccc2ccccc12)c1cccc2ccccc12.[Li+]. The van der Waals surface area contributed by atoms with Crippen molar-refractivity contribution in [3.05, 3.63) is 127 Å². The predicted octanol–water partition coefficient (Wildman–Crippen LogP) is 3.09. The third-order valence-electron chi connectivity index (χ3n) is 6.76. The van der Waals surface area contributed by atoms with Crippen LogP contribution in [-0.2, 0) is 0 Å². The summed E-state index contributed by atoms with van der Waals surface area (Å²) in [5.74, 6) is 0. The van der Waals surface area contributed by atoms with Crippen LogP contribution in [0.4, 0.5) is 4.32 Å². The fourth-order valence-corrected chi connectivity index (χ4v) is 5.29. The molecule has 0 aliphatic carbocycles. The maximum absolute atomic E-state index is 18.2. The molecule has 0 aliphatic heterocycles. The zero-order chi connectivity index (χ0) is 21.5. The standard InChI is InChI=1S/C30H21BF.Li/c32-31(28-19-7-13-22-10-1-4-16-25(22)28,29-20-8-14-23-11-2-5-17-26(23)29)30-21-9-15-24-12-3-6-18-27(24)30;/h1-21H;/q-1;+1. The van der Waals surface area contributed by atoms with Gasteiger partial charge in [-0.2, -0.15) is 16.4 Å². The van der Waals surface area contributed by atoms with Gasteiger partial charge in [0.2, 0.25) is 6.42 Å². The van der Waals surface area contributed by atoms with Gasteiger partial charge in [-0.25, -0.2) is 0 Å². The molecule has 3 heteroatoms. The monoisotopic (exact) mass is 418 g/mol. The summed E-state index contributed by atoms with van der Waals surface area (Å²) in [4.78, 5) is 0. The largest absolute Gasteiger partial charge is 1.00 e. The molecule has 33 heavy (non-hydrogen) atoms. The first kappa shape index (κ1) is 21.5. The van der Waals surface area contributed by atoms with E-state index < -0.39 is 6.42 Å². The molecule has 0 atom stereocenters. The minimum absolute atomic E-state index is 0. The van der Waals surface area contributed by atoms with Gasteiger partial charge in [0, 0.05) is 0 Å². The van der Waals surface area contributed by atoms with E-state index in [1.165, 1.54) is 0 Å². The molecule has 0 saturated carbocycles. The summed E-state index contributed by atoms with van der Waals surface area (Å²) in [7, 11) is 0. The van der Waals surface area contributed by atoms with Crippen molar-refractivity contribution in [2.75, 3.05) is 0 Å². The summed E-state index contributed by atoms with van der Waals surface area (Å²) < 4.78 is 18.2. The molecular weight excluding hydrogens is 397 g/mol. The summed E-state index contributed by atoms with van der Waals surface area (Å²) in [6.07, 6.45) is -2.75. The normalized spacial score (nSPS) is 11.5. The molecule has 0 unspecified atom stereocenters. The Bertz CT molecular complexity index is 1400. The van der Waals surface area contributed by atoms with Gasteiger partial charge in [-0.05, 0) is 16.2 Å². The van der Waals surface area contributed by atoms with E-state index in [-0.39, 0.29) is 18.9 Å². The van der Waals surface area contributed by atoms with Gasteiger partial charge in [0.05, 0.1) is 0 Å². The second-order valence-electron chi connectivity index (χ2n) is 8.47. The van der Waals surface area contributed by atoms with Gasteiger partial charge < -0.3 is 4.32 Å². The molecule has 0 bridgehead atoms. The molecule has 6 rings (SSSR count). The Balaban J connectivity index is 0.00000228. The van der Waals surface area contributed by atoms with Crippen LogP contribution in [0.3, 0.4) is 0 Å². The molecular formula is C30H21BFLi. The van der Waals surface area contributed by atoms with E-state index in [9.17, 15) is 0 Å². The minimum Gasteiger partial charge on any atom is -0.498 e. The summed E-state index contributed by atoms with van der Waals surface area (Å²) in [5, 5.41) is 6.02. The molecule has 6 aromatic rings. The van der Waals surface area contributed by atoms with Crippen molar-refractivity contribution in [1.29, 1.82) is 0 Å². The van der Waals surface area contributed by atoms with Gasteiger partial charge in [0.15, 0.2) is 0 Å². The Morgan fingerprint density at radius 1 is 0.364 bits per heavy atom. The van der Waals surface area contributed by atoms with Crippen molar-refractivity contribution in [2.24, 2.45) is 0 Å². The third-order valence-corrected chi connectivity index (χ3v) is 6.76. The van der Waals surface area contributed by atoms with E-state index in [2.05, 4.69) is 36.4 Å². The number of rotatable bonds is 3. The van der Waals surface area contributed by atoms with Crippen LogP contribution in [0.2, 0.25) is 0 Å². The average Bonchev–Trinajstić information content (AvgIpc) is 2.87. The molecule has 0 N–H and O–H groups in total. The minimum atomic E-state index is -2.75. The van der Waals surface area contributed by atoms with Crippen molar-refractivity contribution >= 4 is 55.1 Å². The number of hydrogen-bond acceptors (Lipinski definition) is 0. The third kappa shape index (κ3) is 3.39. The molecule has 0 fully saturated rings. The van der Waals surface area contributed by atoms with Crippen LogP contribution in [0.25, 0.3) is 32.3 Å². The zero-order valence-electron chi connectivity index (χ0n) is 18.6. The van der Waals surface area contributed by atoms with Crippen molar-refractivity contribution in [3.63, 3.8) is 0 Å². The summed E-state index contributed by atoms with van der Waals surface area (Å²) >= 11 is 0. The van der Waals surface area contributed by atoms with Crippen LogP contribution >= 0.6 is 0 Å². The van der Waals surface area contributed by atoms with Crippen molar-refractivity contribution in [2.45, 2.75) is 0 Å². The molecule has 0 heterocycles. The van der Waals surface area contributed by atoms with Crippen molar-refractivity contribution in [3.8, 4) is 0 Å². The fraction of sp³-hybridized carbons (Fsp3) is 0. The van der Waals surface area contributed by atoms with Crippen molar-refractivity contribution < 1.29 is 23.2 Å². The van der Waals surface area contributed by atoms with E-state index in [4.69, 9.17) is 0 Å². The van der Waals surface area contributed by atoms with E-state index in [1.807, 2.05) is 91.0 Å².